The van der Waals surface area contributed by atoms with Gasteiger partial charge in [0.05, 0.1) is 0 Å². The lowest BCUT2D eigenvalue weighted by Crippen LogP contribution is -2.05. The van der Waals surface area contributed by atoms with Crippen LogP contribution in [0.4, 0.5) is 5.69 Å². The molecule has 3 heteroatoms. The van der Waals surface area contributed by atoms with Crippen molar-refractivity contribution < 1.29 is 4.79 Å². The third-order valence-corrected chi connectivity index (χ3v) is 1.85. The Hall–Kier alpha value is -0.580. The third-order valence-electron chi connectivity index (χ3n) is 1.13. The summed E-state index contributed by atoms with van der Waals surface area (Å²) in [5.74, 6) is -0.286. The molecule has 0 spiro atoms. The number of carbonyl (C=O) groups is 1. The molecule has 0 aromatic heterocycles. The second kappa shape index (κ2) is 3.71. The molecule has 1 rings (SSSR count). The molecule has 57 valence electrons. The van der Waals surface area contributed by atoms with Crippen LogP contribution in [-0.4, -0.2) is 5.91 Å². The van der Waals surface area contributed by atoms with Gasteiger partial charge in [0, 0.05) is 16.2 Å². The fourth-order valence-electron chi connectivity index (χ4n) is 0.694. The Morgan fingerprint density at radius 2 is 1.91 bits per heavy atom. The molecule has 1 N–H and O–H groups in total. The van der Waals surface area contributed by atoms with E-state index in [0.29, 0.717) is 0 Å². The summed E-state index contributed by atoms with van der Waals surface area (Å²) < 4.78 is 1.14. The minimum Gasteiger partial charge on any atom is -0.326 e. The van der Waals surface area contributed by atoms with Gasteiger partial charge in [-0.25, -0.2) is 0 Å². The number of nitrogens with one attached hydrogen (secondary N) is 1. The Morgan fingerprint density at radius 1 is 1.36 bits per heavy atom. The lowest BCUT2D eigenvalue weighted by Gasteiger charge is -1.99. The molecule has 1 radical (unpaired) electrons. The van der Waals surface area contributed by atoms with Gasteiger partial charge in [-0.3, -0.25) is 4.79 Å². The average molecular weight is 260 g/mol. The number of amides is 1. The van der Waals surface area contributed by atoms with E-state index in [9.17, 15) is 4.79 Å². The smallest absolute Gasteiger partial charge is 0.224 e. The maximum Gasteiger partial charge on any atom is 0.224 e. The monoisotopic (exact) mass is 260 g/mol. The van der Waals surface area contributed by atoms with E-state index < -0.39 is 0 Å². The second-order valence-electron chi connectivity index (χ2n) is 2.06. The average Bonchev–Trinajstić information content (AvgIpc) is 1.93. The Morgan fingerprint density at radius 3 is 2.36 bits per heavy atom. The van der Waals surface area contributed by atoms with Crippen molar-refractivity contribution in [3.8, 4) is 0 Å². The topological polar surface area (TPSA) is 29.1 Å². The van der Waals surface area contributed by atoms with E-state index in [1.165, 1.54) is 0 Å². The molecule has 0 aliphatic rings. The van der Waals surface area contributed by atoms with Gasteiger partial charge in [0.2, 0.25) is 5.91 Å². The van der Waals surface area contributed by atoms with E-state index in [0.717, 1.165) is 9.26 Å². The van der Waals surface area contributed by atoms with Gasteiger partial charge in [-0.2, -0.15) is 0 Å². The summed E-state index contributed by atoms with van der Waals surface area (Å²) in [5, 5.41) is 2.58. The van der Waals surface area contributed by atoms with Gasteiger partial charge in [-0.15, -0.1) is 0 Å². The van der Waals surface area contributed by atoms with Crippen molar-refractivity contribution in [1.82, 2.24) is 0 Å². The Balaban J connectivity index is 2.74. The van der Waals surface area contributed by atoms with Crippen LogP contribution >= 0.6 is 22.6 Å². The molecule has 2 nitrogen and oxygen atoms in total. The Bertz CT molecular complexity index is 255. The van der Waals surface area contributed by atoms with Crippen molar-refractivity contribution in [3.63, 3.8) is 0 Å². The van der Waals surface area contributed by atoms with Crippen LogP contribution in [0.1, 0.15) is 0 Å². The quantitative estimate of drug-likeness (QED) is 0.769. The van der Waals surface area contributed by atoms with E-state index in [1.807, 2.05) is 24.3 Å². The number of halogens is 1. The van der Waals surface area contributed by atoms with Crippen LogP contribution in [0.5, 0.6) is 0 Å². The molecule has 0 saturated carbocycles. The van der Waals surface area contributed by atoms with Crippen molar-refractivity contribution in [2.24, 2.45) is 0 Å². The molecular formula is C8H7INO. The highest BCUT2D eigenvalue weighted by Gasteiger charge is 1.93. The molecule has 0 bridgehead atoms. The predicted octanol–water partition coefficient (Wildman–Crippen LogP) is 2.06. The molecule has 1 aromatic carbocycles. The zero-order valence-corrected chi connectivity index (χ0v) is 7.96. The van der Waals surface area contributed by atoms with Crippen molar-refractivity contribution in [2.45, 2.75) is 0 Å². The summed E-state index contributed by atoms with van der Waals surface area (Å²) in [4.78, 5) is 10.5. The molecule has 0 atom stereocenters. The first-order valence-electron chi connectivity index (χ1n) is 3.07. The standard InChI is InChI=1S/C8H7INO/c1-6(11)10-8-4-2-7(9)3-5-8/h2-5H,1H2,(H,10,11). The van der Waals surface area contributed by atoms with Gasteiger partial charge in [-0.1, -0.05) is 0 Å². The zero-order chi connectivity index (χ0) is 8.27. The number of hydrogen-bond donors (Lipinski definition) is 1. The number of benzene rings is 1. The van der Waals surface area contributed by atoms with Crippen LogP contribution in [0.25, 0.3) is 0 Å². The summed E-state index contributed by atoms with van der Waals surface area (Å²) in [7, 11) is 0. The highest BCUT2D eigenvalue weighted by molar-refractivity contribution is 14.1. The van der Waals surface area contributed by atoms with E-state index in [-0.39, 0.29) is 5.91 Å². The minimum absolute atomic E-state index is 0.286. The highest BCUT2D eigenvalue weighted by Crippen LogP contribution is 2.10. The number of rotatable bonds is 1. The van der Waals surface area contributed by atoms with Crippen LogP contribution in [0.3, 0.4) is 0 Å². The number of carbonyl (C=O) groups excluding carboxylic acids is 1. The first-order chi connectivity index (χ1) is 5.18. The van der Waals surface area contributed by atoms with Crippen molar-refractivity contribution in [2.75, 3.05) is 5.32 Å². The van der Waals surface area contributed by atoms with E-state index >= 15 is 0 Å². The van der Waals surface area contributed by atoms with Crippen molar-refractivity contribution in [1.29, 1.82) is 0 Å². The van der Waals surface area contributed by atoms with E-state index in [1.54, 1.807) is 0 Å². The normalized spacial score (nSPS) is 9.27. The highest BCUT2D eigenvalue weighted by atomic mass is 127. The maximum absolute atomic E-state index is 10.5. The Labute approximate surface area is 79.1 Å². The van der Waals surface area contributed by atoms with Crippen LogP contribution < -0.4 is 5.32 Å². The largest absolute Gasteiger partial charge is 0.326 e. The fraction of sp³-hybridized carbons (Fsp3) is 0. The van der Waals surface area contributed by atoms with Gasteiger partial charge < -0.3 is 5.32 Å². The third kappa shape index (κ3) is 2.88. The Kier molecular flexibility index (Phi) is 2.87. The summed E-state index contributed by atoms with van der Waals surface area (Å²) in [5.41, 5.74) is 0.783. The molecule has 0 aliphatic heterocycles. The number of hydrogen-bond acceptors (Lipinski definition) is 1. The summed E-state index contributed by atoms with van der Waals surface area (Å²) in [6, 6.07) is 7.52. The molecule has 0 heterocycles. The number of anilines is 1. The molecule has 0 aliphatic carbocycles. The van der Waals surface area contributed by atoms with Crippen molar-refractivity contribution in [3.05, 3.63) is 34.8 Å². The summed E-state index contributed by atoms with van der Waals surface area (Å²) in [6.07, 6.45) is 0. The molecule has 0 fully saturated rings. The lowest BCUT2D eigenvalue weighted by atomic mass is 10.3. The van der Waals surface area contributed by atoms with Crippen LogP contribution in [-0.2, 0) is 4.79 Å². The van der Waals surface area contributed by atoms with Gasteiger partial charge in [0.15, 0.2) is 0 Å². The maximum atomic E-state index is 10.5. The van der Waals surface area contributed by atoms with Gasteiger partial charge >= 0.3 is 0 Å². The van der Waals surface area contributed by atoms with E-state index in [2.05, 4.69) is 34.8 Å². The van der Waals surface area contributed by atoms with Gasteiger partial charge in [0.1, 0.15) is 0 Å². The minimum atomic E-state index is -0.286. The summed E-state index contributed by atoms with van der Waals surface area (Å²) in [6.45, 7) is 3.20. The fourth-order valence-corrected chi connectivity index (χ4v) is 1.05. The molecule has 11 heavy (non-hydrogen) atoms. The van der Waals surface area contributed by atoms with Crippen LogP contribution in [0.2, 0.25) is 0 Å². The molecule has 1 aromatic rings. The van der Waals surface area contributed by atoms with Gasteiger partial charge in [0.25, 0.3) is 0 Å². The zero-order valence-electron chi connectivity index (χ0n) is 5.80. The molecule has 0 saturated heterocycles. The second-order valence-corrected chi connectivity index (χ2v) is 3.30. The first kappa shape index (κ1) is 8.52. The summed E-state index contributed by atoms with van der Waals surface area (Å²) >= 11 is 2.20. The predicted molar refractivity (Wildman–Crippen MR) is 53.1 cm³/mol. The van der Waals surface area contributed by atoms with Gasteiger partial charge in [-0.05, 0) is 46.9 Å². The van der Waals surface area contributed by atoms with Crippen LogP contribution in [0, 0.1) is 10.5 Å². The molecule has 0 unspecified atom stereocenters. The molecular weight excluding hydrogens is 253 g/mol. The van der Waals surface area contributed by atoms with E-state index in [4.69, 9.17) is 0 Å². The first-order valence-corrected chi connectivity index (χ1v) is 4.15. The lowest BCUT2D eigenvalue weighted by molar-refractivity contribution is -0.112. The SMILES string of the molecule is [CH2]C(=O)Nc1ccc(I)cc1. The van der Waals surface area contributed by atoms with Crippen molar-refractivity contribution >= 4 is 34.2 Å². The molecule has 1 amide bonds. The van der Waals surface area contributed by atoms with Crippen LogP contribution in [0.15, 0.2) is 24.3 Å².